The molecule has 0 saturated heterocycles. The van der Waals surface area contributed by atoms with Gasteiger partial charge in [-0.3, -0.25) is 34.1 Å². The van der Waals surface area contributed by atoms with Crippen molar-refractivity contribution >= 4 is 75.2 Å². The van der Waals surface area contributed by atoms with Crippen molar-refractivity contribution in [2.45, 2.75) is 63.2 Å². The highest BCUT2D eigenvalue weighted by Crippen LogP contribution is 2.36. The third-order valence-electron chi connectivity index (χ3n) is 8.05. The van der Waals surface area contributed by atoms with E-state index in [1.54, 1.807) is 12.1 Å². The molecule has 18 nitrogen and oxygen atoms in total. The first-order chi connectivity index (χ1) is 24.3. The molecule has 0 spiro atoms. The second-order valence-electron chi connectivity index (χ2n) is 11.9. The molecule has 1 heterocycles. The van der Waals surface area contributed by atoms with Gasteiger partial charge in [0.2, 0.25) is 23.6 Å². The van der Waals surface area contributed by atoms with Crippen molar-refractivity contribution in [3.05, 3.63) is 52.6 Å². The van der Waals surface area contributed by atoms with Gasteiger partial charge in [-0.15, -0.1) is 12.4 Å². The Morgan fingerprint density at radius 1 is 0.885 bits per heavy atom. The van der Waals surface area contributed by atoms with Gasteiger partial charge in [-0.05, 0) is 44.7 Å². The van der Waals surface area contributed by atoms with Crippen LogP contribution in [0.3, 0.4) is 0 Å². The van der Waals surface area contributed by atoms with Crippen LogP contribution in [0.4, 0.5) is 11.4 Å². The second kappa shape index (κ2) is 21.3. The Kier molecular flexibility index (Phi) is 17.6. The molecule has 3 rings (SSSR count). The summed E-state index contributed by atoms with van der Waals surface area (Å²) in [6.07, 6.45) is 0.689. The number of esters is 1. The SMILES string of the molecule is COC(=O)C(N)CCCC(N)C(=O)NC(C)C(=O)NC(CCC(=O)NCCNCCNc1c2ccccc2nc2cccc([N+](=O)[O-])c12)C(N)=O.Cl. The number of non-ortho nitro benzene ring substituents is 1. The largest absolute Gasteiger partial charge is 0.468 e. The molecule has 4 atom stereocenters. The standard InChI is InChI=1S/C33H46N10O8.ClH/c1-19(40-32(47)21(34)8-5-9-22(35)33(48)51-2)31(46)42-25(30(36)45)13-14-27(44)38-17-15-37-16-18-39-29-20-7-3-4-10-23(20)41-24-11-6-12-26(28(24)29)43(49)50;/h3-4,6-7,10-12,19,21-22,25,37H,5,8-9,13-18,34-35H2,1-2H3,(H2,36,45)(H,38,44)(H,39,41)(H,40,47)(H,42,46);1H. The number of carbonyl (C=O) groups excluding carboxylic acids is 5. The monoisotopic (exact) mass is 746 g/mol. The summed E-state index contributed by atoms with van der Waals surface area (Å²) in [6, 6.07) is 8.17. The predicted molar refractivity (Wildman–Crippen MR) is 197 cm³/mol. The molecule has 284 valence electrons. The maximum absolute atomic E-state index is 12.6. The molecule has 11 N–H and O–H groups in total. The molecule has 4 amide bonds. The number of pyridine rings is 1. The minimum Gasteiger partial charge on any atom is -0.468 e. The van der Waals surface area contributed by atoms with E-state index < -0.39 is 52.8 Å². The Morgan fingerprint density at radius 2 is 1.56 bits per heavy atom. The van der Waals surface area contributed by atoms with Crippen LogP contribution in [0, 0.1) is 10.1 Å². The number of hydrogen-bond acceptors (Lipinski definition) is 13. The average molecular weight is 747 g/mol. The van der Waals surface area contributed by atoms with E-state index in [4.69, 9.17) is 17.2 Å². The summed E-state index contributed by atoms with van der Waals surface area (Å²) < 4.78 is 4.55. The van der Waals surface area contributed by atoms with E-state index in [1.807, 2.05) is 24.3 Å². The highest BCUT2D eigenvalue weighted by molar-refractivity contribution is 6.11. The van der Waals surface area contributed by atoms with Crippen molar-refractivity contribution in [3.63, 3.8) is 0 Å². The molecule has 4 unspecified atom stereocenters. The molecule has 0 aliphatic heterocycles. The molecule has 0 aliphatic carbocycles. The van der Waals surface area contributed by atoms with Gasteiger partial charge in [-0.2, -0.15) is 0 Å². The number of nitro benzene ring substituents is 1. The number of para-hydroxylation sites is 1. The van der Waals surface area contributed by atoms with Gasteiger partial charge in [0.05, 0.1) is 34.8 Å². The van der Waals surface area contributed by atoms with Crippen LogP contribution in [0.1, 0.15) is 39.0 Å². The number of methoxy groups -OCH3 is 1. The van der Waals surface area contributed by atoms with Crippen molar-refractivity contribution in [1.29, 1.82) is 0 Å². The summed E-state index contributed by atoms with van der Waals surface area (Å²) in [5, 5.41) is 27.1. The van der Waals surface area contributed by atoms with Gasteiger partial charge in [0.1, 0.15) is 23.5 Å². The minimum absolute atomic E-state index is 0. The van der Waals surface area contributed by atoms with Gasteiger partial charge in [0.15, 0.2) is 0 Å². The number of amides is 4. The number of ether oxygens (including phenoxy) is 1. The van der Waals surface area contributed by atoms with E-state index in [2.05, 4.69) is 36.3 Å². The third kappa shape index (κ3) is 12.6. The van der Waals surface area contributed by atoms with E-state index in [1.165, 1.54) is 20.1 Å². The highest BCUT2D eigenvalue weighted by atomic mass is 35.5. The number of benzene rings is 2. The smallest absolute Gasteiger partial charge is 0.322 e. The maximum Gasteiger partial charge on any atom is 0.322 e. The van der Waals surface area contributed by atoms with Gasteiger partial charge in [-0.25, -0.2) is 4.98 Å². The molecule has 0 aliphatic rings. The van der Waals surface area contributed by atoms with Crippen LogP contribution in [0.5, 0.6) is 0 Å². The number of primary amides is 1. The maximum atomic E-state index is 12.6. The van der Waals surface area contributed by atoms with E-state index >= 15 is 0 Å². The number of anilines is 1. The molecule has 0 radical (unpaired) electrons. The number of nitro groups is 1. The van der Waals surface area contributed by atoms with E-state index in [0.29, 0.717) is 48.2 Å². The summed E-state index contributed by atoms with van der Waals surface area (Å²) in [5.74, 6) is -3.07. The number of aromatic nitrogens is 1. The van der Waals surface area contributed by atoms with Crippen LogP contribution in [0.2, 0.25) is 0 Å². The van der Waals surface area contributed by atoms with Crippen molar-refractivity contribution in [2.24, 2.45) is 17.2 Å². The van der Waals surface area contributed by atoms with Crippen LogP contribution in [-0.4, -0.2) is 97.0 Å². The Morgan fingerprint density at radius 3 is 2.25 bits per heavy atom. The first-order valence-corrected chi connectivity index (χ1v) is 16.5. The topological polar surface area (TPSA) is 289 Å². The normalized spacial score (nSPS) is 13.2. The molecular formula is C33H47ClN10O8. The summed E-state index contributed by atoms with van der Waals surface area (Å²) >= 11 is 0. The molecule has 19 heteroatoms. The first-order valence-electron chi connectivity index (χ1n) is 16.5. The Bertz CT molecular complexity index is 1730. The molecule has 0 fully saturated rings. The zero-order chi connectivity index (χ0) is 37.5. The minimum atomic E-state index is -1.16. The second-order valence-corrected chi connectivity index (χ2v) is 11.9. The quantitative estimate of drug-likeness (QED) is 0.0236. The van der Waals surface area contributed by atoms with Gasteiger partial charge in [-0.1, -0.05) is 24.3 Å². The lowest BCUT2D eigenvalue weighted by Gasteiger charge is -2.21. The van der Waals surface area contributed by atoms with Crippen molar-refractivity contribution in [2.75, 3.05) is 38.6 Å². The Balaban J connectivity index is 0.00000936. The van der Waals surface area contributed by atoms with Crippen molar-refractivity contribution in [1.82, 2.24) is 26.3 Å². The molecule has 3 aromatic rings. The van der Waals surface area contributed by atoms with Crippen LogP contribution >= 0.6 is 12.4 Å². The van der Waals surface area contributed by atoms with Gasteiger partial charge in [0, 0.05) is 44.1 Å². The van der Waals surface area contributed by atoms with Crippen LogP contribution in [0.15, 0.2) is 42.5 Å². The molecule has 0 bridgehead atoms. The number of nitrogens with two attached hydrogens (primary N) is 3. The number of nitrogens with one attached hydrogen (secondary N) is 5. The number of fused-ring (bicyclic) bond motifs is 2. The number of rotatable bonds is 21. The van der Waals surface area contributed by atoms with Gasteiger partial charge < -0.3 is 48.5 Å². The number of nitrogens with zero attached hydrogens (tertiary/aromatic N) is 2. The summed E-state index contributed by atoms with van der Waals surface area (Å²) in [5.41, 5.74) is 18.8. The lowest BCUT2D eigenvalue weighted by Crippen LogP contribution is -2.54. The van der Waals surface area contributed by atoms with E-state index in [0.717, 1.165) is 5.39 Å². The predicted octanol–water partition coefficient (Wildman–Crippen LogP) is 0.0886. The average Bonchev–Trinajstić information content (AvgIpc) is 3.11. The highest BCUT2D eigenvalue weighted by Gasteiger charge is 2.25. The van der Waals surface area contributed by atoms with Crippen molar-refractivity contribution < 1.29 is 33.6 Å². The molecule has 2 aromatic carbocycles. The van der Waals surface area contributed by atoms with Crippen LogP contribution in [-0.2, 0) is 28.7 Å². The molecule has 0 saturated carbocycles. The fourth-order valence-corrected chi connectivity index (χ4v) is 5.24. The lowest BCUT2D eigenvalue weighted by molar-refractivity contribution is -0.383. The number of carbonyl (C=O) groups is 5. The Labute approximate surface area is 306 Å². The van der Waals surface area contributed by atoms with Crippen molar-refractivity contribution in [3.8, 4) is 0 Å². The zero-order valence-electron chi connectivity index (χ0n) is 29.0. The van der Waals surface area contributed by atoms with E-state index in [9.17, 15) is 34.1 Å². The number of hydrogen-bond donors (Lipinski definition) is 8. The molecule has 52 heavy (non-hydrogen) atoms. The number of halogens is 1. The lowest BCUT2D eigenvalue weighted by atomic mass is 10.1. The van der Waals surface area contributed by atoms with Gasteiger partial charge >= 0.3 is 5.97 Å². The van der Waals surface area contributed by atoms with Crippen LogP contribution < -0.4 is 43.8 Å². The first kappa shape index (κ1) is 43.0. The van der Waals surface area contributed by atoms with Crippen LogP contribution in [0.25, 0.3) is 21.8 Å². The third-order valence-corrected chi connectivity index (χ3v) is 8.05. The van der Waals surface area contributed by atoms with Gasteiger partial charge in [0.25, 0.3) is 5.69 Å². The zero-order valence-corrected chi connectivity index (χ0v) is 29.8. The molecular weight excluding hydrogens is 700 g/mol. The summed E-state index contributed by atoms with van der Waals surface area (Å²) in [6.45, 7) is 3.01. The fourth-order valence-electron chi connectivity index (χ4n) is 5.24. The summed E-state index contributed by atoms with van der Waals surface area (Å²) in [4.78, 5) is 76.7. The molecule has 1 aromatic heterocycles. The van der Waals surface area contributed by atoms with E-state index in [-0.39, 0.29) is 56.2 Å². The fraction of sp³-hybridized carbons (Fsp3) is 0.455. The Hall–Kier alpha value is -5.17. The summed E-state index contributed by atoms with van der Waals surface area (Å²) in [7, 11) is 1.22.